The summed E-state index contributed by atoms with van der Waals surface area (Å²) in [5, 5.41) is 0. The molecule has 1 aromatic carbocycles. The molecule has 108 valence electrons. The maximum absolute atomic E-state index is 12.0. The molecule has 1 rings (SSSR count). The molecule has 0 spiro atoms. The second-order valence-corrected chi connectivity index (χ2v) is 6.88. The first kappa shape index (κ1) is 16.1. The largest absolute Gasteiger partial charge is 0.489 e. The third-order valence-corrected chi connectivity index (χ3v) is 4.35. The van der Waals surface area contributed by atoms with Gasteiger partial charge in [0.2, 0.25) is 10.0 Å². The molecule has 0 amide bonds. The molecule has 0 heterocycles. The maximum atomic E-state index is 12.0. The van der Waals surface area contributed by atoms with E-state index in [0.717, 1.165) is 0 Å². The highest BCUT2D eigenvalue weighted by molar-refractivity contribution is 7.92. The second-order valence-electron chi connectivity index (χ2n) is 4.81. The van der Waals surface area contributed by atoms with Crippen molar-refractivity contribution in [1.82, 2.24) is 0 Å². The smallest absolute Gasteiger partial charge is 0.233 e. The van der Waals surface area contributed by atoms with Crippen LogP contribution in [-0.2, 0) is 10.0 Å². The predicted molar refractivity (Wildman–Crippen MR) is 79.5 cm³/mol. The van der Waals surface area contributed by atoms with E-state index < -0.39 is 10.0 Å². The van der Waals surface area contributed by atoms with Crippen LogP contribution in [0.15, 0.2) is 24.3 Å². The van der Waals surface area contributed by atoms with Crippen LogP contribution < -0.4 is 9.46 Å². The monoisotopic (exact) mass is 305 g/mol. The summed E-state index contributed by atoms with van der Waals surface area (Å²) in [5.41, 5.74) is 0.456. The van der Waals surface area contributed by atoms with E-state index in [-0.39, 0.29) is 17.8 Å². The summed E-state index contributed by atoms with van der Waals surface area (Å²) >= 11 is 5.64. The number of ether oxygens (including phenoxy) is 1. The SMILES string of the molecule is CC(CCl)CS(=O)(=O)Nc1ccccc1OC(C)C. The zero-order chi connectivity index (χ0) is 14.5. The van der Waals surface area contributed by atoms with Crippen LogP contribution in [0.2, 0.25) is 0 Å². The molecular weight excluding hydrogens is 286 g/mol. The highest BCUT2D eigenvalue weighted by atomic mass is 35.5. The van der Waals surface area contributed by atoms with E-state index >= 15 is 0 Å². The fraction of sp³-hybridized carbons (Fsp3) is 0.538. The number of halogens is 1. The Balaban J connectivity index is 2.87. The Bertz CT molecular complexity index is 502. The Morgan fingerprint density at radius 2 is 1.89 bits per heavy atom. The Labute approximate surface area is 120 Å². The van der Waals surface area contributed by atoms with Gasteiger partial charge in [-0.25, -0.2) is 8.42 Å². The molecule has 0 saturated heterocycles. The van der Waals surface area contributed by atoms with Gasteiger partial charge in [-0.3, -0.25) is 4.72 Å². The molecule has 1 aromatic rings. The summed E-state index contributed by atoms with van der Waals surface area (Å²) in [6.07, 6.45) is -0.0209. The standard InChI is InChI=1S/C13H20ClNO3S/c1-10(2)18-13-7-5-4-6-12(13)15-19(16,17)9-11(3)8-14/h4-7,10-11,15H,8-9H2,1-3H3. The quantitative estimate of drug-likeness (QED) is 0.788. The summed E-state index contributed by atoms with van der Waals surface area (Å²) in [6, 6.07) is 6.98. The number of sulfonamides is 1. The number of anilines is 1. The van der Waals surface area contributed by atoms with Crippen molar-refractivity contribution in [1.29, 1.82) is 0 Å². The maximum Gasteiger partial charge on any atom is 0.233 e. The minimum Gasteiger partial charge on any atom is -0.489 e. The van der Waals surface area contributed by atoms with Crippen molar-refractivity contribution in [2.45, 2.75) is 26.9 Å². The summed E-state index contributed by atoms with van der Waals surface area (Å²) in [5.74, 6) is 0.731. The molecule has 0 bridgehead atoms. The molecule has 0 aromatic heterocycles. The topological polar surface area (TPSA) is 55.4 Å². The first-order valence-electron chi connectivity index (χ1n) is 6.16. The van der Waals surface area contributed by atoms with E-state index in [2.05, 4.69) is 4.72 Å². The highest BCUT2D eigenvalue weighted by Crippen LogP contribution is 2.26. The molecule has 0 fully saturated rings. The third kappa shape index (κ3) is 5.70. The molecule has 4 nitrogen and oxygen atoms in total. The van der Waals surface area contributed by atoms with Crippen LogP contribution in [0.5, 0.6) is 5.75 Å². The van der Waals surface area contributed by atoms with E-state index in [1.807, 2.05) is 13.8 Å². The molecule has 0 aliphatic heterocycles. The third-order valence-electron chi connectivity index (χ3n) is 2.28. The minimum atomic E-state index is -3.42. The number of alkyl halides is 1. The number of hydrogen-bond acceptors (Lipinski definition) is 3. The van der Waals surface area contributed by atoms with Gasteiger partial charge in [0.1, 0.15) is 5.75 Å². The molecule has 0 aliphatic carbocycles. The summed E-state index contributed by atoms with van der Waals surface area (Å²) in [6.45, 7) is 5.57. The van der Waals surface area contributed by atoms with Crippen LogP contribution >= 0.6 is 11.6 Å². The average Bonchev–Trinajstić information content (AvgIpc) is 2.30. The molecule has 0 saturated carbocycles. The van der Waals surface area contributed by atoms with E-state index in [9.17, 15) is 8.42 Å². The lowest BCUT2D eigenvalue weighted by molar-refractivity contribution is 0.244. The van der Waals surface area contributed by atoms with Gasteiger partial charge in [0.25, 0.3) is 0 Å². The van der Waals surface area contributed by atoms with Gasteiger partial charge < -0.3 is 4.74 Å². The minimum absolute atomic E-state index is 0.00743. The van der Waals surface area contributed by atoms with Crippen molar-refractivity contribution in [2.24, 2.45) is 5.92 Å². The number of nitrogens with one attached hydrogen (secondary N) is 1. The number of hydrogen-bond donors (Lipinski definition) is 1. The van der Waals surface area contributed by atoms with E-state index in [4.69, 9.17) is 16.3 Å². The van der Waals surface area contributed by atoms with Crippen LogP contribution in [0.3, 0.4) is 0 Å². The van der Waals surface area contributed by atoms with Gasteiger partial charge in [-0.05, 0) is 31.9 Å². The van der Waals surface area contributed by atoms with Crippen molar-refractivity contribution < 1.29 is 13.2 Å². The van der Waals surface area contributed by atoms with E-state index in [0.29, 0.717) is 17.3 Å². The summed E-state index contributed by atoms with van der Waals surface area (Å²) < 4.78 is 32.1. The fourth-order valence-corrected chi connectivity index (χ4v) is 3.23. The average molecular weight is 306 g/mol. The molecule has 6 heteroatoms. The van der Waals surface area contributed by atoms with Crippen molar-refractivity contribution in [2.75, 3.05) is 16.4 Å². The number of benzene rings is 1. The molecule has 0 radical (unpaired) electrons. The van der Waals surface area contributed by atoms with Crippen molar-refractivity contribution in [3.05, 3.63) is 24.3 Å². The van der Waals surface area contributed by atoms with Gasteiger partial charge >= 0.3 is 0 Å². The van der Waals surface area contributed by atoms with Gasteiger partial charge in [0.05, 0.1) is 17.5 Å². The van der Waals surface area contributed by atoms with Crippen LogP contribution in [0.25, 0.3) is 0 Å². The van der Waals surface area contributed by atoms with Gasteiger partial charge in [-0.1, -0.05) is 19.1 Å². The molecule has 1 atom stereocenters. The van der Waals surface area contributed by atoms with Gasteiger partial charge in [-0.2, -0.15) is 0 Å². The van der Waals surface area contributed by atoms with Crippen LogP contribution in [0.4, 0.5) is 5.69 Å². The number of para-hydroxylation sites is 2. The van der Waals surface area contributed by atoms with Gasteiger partial charge in [0, 0.05) is 5.88 Å². The van der Waals surface area contributed by atoms with E-state index in [1.165, 1.54) is 0 Å². The molecule has 0 aliphatic rings. The first-order chi connectivity index (χ1) is 8.84. The van der Waals surface area contributed by atoms with Crippen LogP contribution in [0, 0.1) is 5.92 Å². The first-order valence-corrected chi connectivity index (χ1v) is 8.35. The highest BCUT2D eigenvalue weighted by Gasteiger charge is 2.17. The van der Waals surface area contributed by atoms with E-state index in [1.54, 1.807) is 31.2 Å². The molecule has 1 unspecified atom stereocenters. The summed E-state index contributed by atoms with van der Waals surface area (Å²) in [7, 11) is -3.42. The second kappa shape index (κ2) is 7.01. The lowest BCUT2D eigenvalue weighted by atomic mass is 10.3. The number of rotatable bonds is 7. The molecular formula is C13H20ClNO3S. The van der Waals surface area contributed by atoms with Gasteiger partial charge in [-0.15, -0.1) is 11.6 Å². The Kier molecular flexibility index (Phi) is 5.94. The predicted octanol–water partition coefficient (Wildman–Crippen LogP) is 3.09. The van der Waals surface area contributed by atoms with Crippen LogP contribution in [0.1, 0.15) is 20.8 Å². The Morgan fingerprint density at radius 1 is 1.26 bits per heavy atom. The fourth-order valence-electron chi connectivity index (χ4n) is 1.54. The lowest BCUT2D eigenvalue weighted by Gasteiger charge is -2.16. The Hall–Kier alpha value is -0.940. The van der Waals surface area contributed by atoms with Crippen molar-refractivity contribution >= 4 is 27.3 Å². The zero-order valence-electron chi connectivity index (χ0n) is 11.4. The molecule has 1 N–H and O–H groups in total. The van der Waals surface area contributed by atoms with Crippen molar-refractivity contribution in [3.63, 3.8) is 0 Å². The normalized spacial score (nSPS) is 13.3. The zero-order valence-corrected chi connectivity index (χ0v) is 13.0. The Morgan fingerprint density at radius 3 is 2.47 bits per heavy atom. The van der Waals surface area contributed by atoms with Crippen molar-refractivity contribution in [3.8, 4) is 5.75 Å². The summed E-state index contributed by atoms with van der Waals surface area (Å²) in [4.78, 5) is 0. The lowest BCUT2D eigenvalue weighted by Crippen LogP contribution is -2.22. The van der Waals surface area contributed by atoms with Crippen LogP contribution in [-0.4, -0.2) is 26.2 Å². The molecule has 19 heavy (non-hydrogen) atoms. The van der Waals surface area contributed by atoms with Gasteiger partial charge in [0.15, 0.2) is 0 Å².